The second kappa shape index (κ2) is 7.19. The third-order valence-electron chi connectivity index (χ3n) is 1.89. The van der Waals surface area contributed by atoms with Crippen LogP contribution in [0.25, 0.3) is 0 Å². The van der Waals surface area contributed by atoms with Crippen LogP contribution in [0, 0.1) is 21.2 Å². The highest BCUT2D eigenvalue weighted by Crippen LogP contribution is 2.31. The molecule has 0 N–H and O–H groups in total. The number of hydrogen-bond acceptors (Lipinski definition) is 6. The zero-order valence-electron chi connectivity index (χ0n) is 10.1. The number of aromatic nitrogens is 1. The van der Waals surface area contributed by atoms with Crippen molar-refractivity contribution in [1.29, 1.82) is 5.26 Å². The first kappa shape index (κ1) is 15.6. The summed E-state index contributed by atoms with van der Waals surface area (Å²) in [6.45, 7) is 3.72. The summed E-state index contributed by atoms with van der Waals surface area (Å²) in [5, 5.41) is 9.02. The zero-order valence-corrected chi connectivity index (χ0v) is 13.9. The predicted octanol–water partition coefficient (Wildman–Crippen LogP) is 3.26. The summed E-state index contributed by atoms with van der Waals surface area (Å²) in [5.74, 6) is 3.22. The molecule has 0 radical (unpaired) electrons. The third-order valence-corrected chi connectivity index (χ3v) is 4.09. The van der Waals surface area contributed by atoms with Crippen molar-refractivity contribution in [3.8, 4) is 21.8 Å². The van der Waals surface area contributed by atoms with Gasteiger partial charge in [0.2, 0.25) is 5.88 Å². The Balaban J connectivity index is 2.62. The number of nitrogens with zero attached hydrogens (tertiary/aromatic N) is 2. The molecule has 0 aliphatic carbocycles. The first-order chi connectivity index (χ1) is 8.54. The quantitative estimate of drug-likeness (QED) is 0.332. The van der Waals surface area contributed by atoms with Crippen LogP contribution < -0.4 is 4.74 Å². The average molecular weight is 394 g/mol. The lowest BCUT2D eigenvalue weighted by Crippen LogP contribution is -2.24. The number of thioether (sulfide) groups is 1. The molecule has 1 aromatic rings. The minimum Gasteiger partial charge on any atom is -0.449 e. The van der Waals surface area contributed by atoms with E-state index in [1.165, 1.54) is 23.3 Å². The zero-order chi connectivity index (χ0) is 13.6. The van der Waals surface area contributed by atoms with Crippen LogP contribution in [0.4, 0.5) is 0 Å². The van der Waals surface area contributed by atoms with Crippen LogP contribution in [0.3, 0.4) is 0 Å². The molecular weight excluding hydrogens is 383 g/mol. The van der Waals surface area contributed by atoms with Gasteiger partial charge in [-0.2, -0.15) is 9.64 Å². The van der Waals surface area contributed by atoms with E-state index in [9.17, 15) is 0 Å². The normalized spacial score (nSPS) is 10.4. The van der Waals surface area contributed by atoms with Crippen LogP contribution in [0.5, 0.6) is 5.88 Å². The maximum atomic E-state index is 9.02. The smallest absolute Gasteiger partial charge is 0.246 e. The molecule has 0 saturated carbocycles. The van der Waals surface area contributed by atoms with Gasteiger partial charge in [-0.15, -0.1) is 11.8 Å². The Kier molecular flexibility index (Phi) is 6.22. The minimum atomic E-state index is -0.577. The SMILES string of the molecule is CSc1snc(OCOC(C)(C)C#CI)c1C#N. The molecule has 0 spiro atoms. The summed E-state index contributed by atoms with van der Waals surface area (Å²) in [7, 11) is 0. The summed E-state index contributed by atoms with van der Waals surface area (Å²) in [4.78, 5) is 0. The highest BCUT2D eigenvalue weighted by Gasteiger charge is 2.17. The summed E-state index contributed by atoms with van der Waals surface area (Å²) in [6.07, 6.45) is 1.90. The molecule has 0 saturated heterocycles. The predicted molar refractivity (Wildman–Crippen MR) is 81.1 cm³/mol. The van der Waals surface area contributed by atoms with Gasteiger partial charge in [-0.1, -0.05) is 5.92 Å². The molecule has 18 heavy (non-hydrogen) atoms. The minimum absolute atomic E-state index is 0.0184. The van der Waals surface area contributed by atoms with Gasteiger partial charge in [-0.3, -0.25) is 0 Å². The Morgan fingerprint density at radius 3 is 2.83 bits per heavy atom. The maximum Gasteiger partial charge on any atom is 0.246 e. The third kappa shape index (κ3) is 4.32. The topological polar surface area (TPSA) is 55.1 Å². The van der Waals surface area contributed by atoms with Crippen LogP contribution in [-0.2, 0) is 4.74 Å². The molecule has 4 nitrogen and oxygen atoms in total. The van der Waals surface area contributed by atoms with Crippen molar-refractivity contribution in [3.63, 3.8) is 0 Å². The van der Waals surface area contributed by atoms with Gasteiger partial charge in [0.25, 0.3) is 0 Å². The van der Waals surface area contributed by atoms with E-state index < -0.39 is 5.60 Å². The molecule has 0 atom stereocenters. The largest absolute Gasteiger partial charge is 0.449 e. The summed E-state index contributed by atoms with van der Waals surface area (Å²) in [5.41, 5.74) is -0.110. The van der Waals surface area contributed by atoms with Gasteiger partial charge < -0.3 is 9.47 Å². The van der Waals surface area contributed by atoms with Crippen molar-refractivity contribution >= 4 is 45.9 Å². The fraction of sp³-hybridized carbons (Fsp3) is 0.455. The molecule has 0 fully saturated rings. The summed E-state index contributed by atoms with van der Waals surface area (Å²) in [6, 6.07) is 2.09. The lowest BCUT2D eigenvalue weighted by Gasteiger charge is -2.18. The molecule has 0 aliphatic heterocycles. The van der Waals surface area contributed by atoms with Crippen molar-refractivity contribution in [3.05, 3.63) is 5.56 Å². The van der Waals surface area contributed by atoms with Crippen LogP contribution in [-0.4, -0.2) is 23.0 Å². The Bertz CT molecular complexity index is 511. The van der Waals surface area contributed by atoms with Crippen molar-refractivity contribution in [2.75, 3.05) is 13.0 Å². The molecule has 0 amide bonds. The first-order valence-electron chi connectivity index (χ1n) is 4.87. The van der Waals surface area contributed by atoms with E-state index in [4.69, 9.17) is 14.7 Å². The number of halogens is 1. The van der Waals surface area contributed by atoms with Crippen LogP contribution in [0.1, 0.15) is 19.4 Å². The molecule has 0 aromatic carbocycles. The highest BCUT2D eigenvalue weighted by atomic mass is 127. The molecular formula is C11H11IN2O2S2. The van der Waals surface area contributed by atoms with Crippen LogP contribution in [0.2, 0.25) is 0 Å². The van der Waals surface area contributed by atoms with Gasteiger partial charge in [0.15, 0.2) is 6.79 Å². The molecule has 0 bridgehead atoms. The van der Waals surface area contributed by atoms with E-state index in [-0.39, 0.29) is 6.79 Å². The maximum absolute atomic E-state index is 9.02. The molecule has 96 valence electrons. The summed E-state index contributed by atoms with van der Waals surface area (Å²) >= 11 is 4.68. The Hall–Kier alpha value is -0.480. The second-order valence-corrected chi connectivity index (χ2v) is 5.99. The van der Waals surface area contributed by atoms with Crippen LogP contribution >= 0.6 is 45.9 Å². The average Bonchev–Trinajstić information content (AvgIpc) is 2.70. The Labute approximate surface area is 128 Å². The van der Waals surface area contributed by atoms with E-state index in [0.717, 1.165) is 4.21 Å². The molecule has 0 aliphatic rings. The van der Waals surface area contributed by atoms with E-state index >= 15 is 0 Å². The molecule has 0 unspecified atom stereocenters. The number of ether oxygens (including phenoxy) is 2. The van der Waals surface area contributed by atoms with Crippen LogP contribution in [0.15, 0.2) is 4.21 Å². The Morgan fingerprint density at radius 2 is 2.28 bits per heavy atom. The van der Waals surface area contributed by atoms with Gasteiger partial charge in [0, 0.05) is 22.6 Å². The van der Waals surface area contributed by atoms with Crippen molar-refractivity contribution < 1.29 is 9.47 Å². The lowest BCUT2D eigenvalue weighted by atomic mass is 10.2. The van der Waals surface area contributed by atoms with Crippen molar-refractivity contribution in [1.82, 2.24) is 4.37 Å². The fourth-order valence-corrected chi connectivity index (χ4v) is 2.91. The number of nitriles is 1. The lowest BCUT2D eigenvalue weighted by molar-refractivity contribution is -0.0565. The molecule has 1 heterocycles. The number of rotatable bonds is 5. The van der Waals surface area contributed by atoms with Gasteiger partial charge in [-0.25, -0.2) is 0 Å². The first-order valence-corrected chi connectivity index (χ1v) is 7.95. The van der Waals surface area contributed by atoms with Crippen molar-refractivity contribution in [2.45, 2.75) is 23.7 Å². The van der Waals surface area contributed by atoms with Gasteiger partial charge in [-0.05, 0) is 35.6 Å². The molecule has 1 aromatic heterocycles. The van der Waals surface area contributed by atoms with E-state index in [2.05, 4.69) is 20.3 Å². The fourth-order valence-electron chi connectivity index (χ4n) is 0.975. The Morgan fingerprint density at radius 1 is 1.56 bits per heavy atom. The molecule has 7 heteroatoms. The second-order valence-electron chi connectivity index (χ2n) is 3.60. The van der Waals surface area contributed by atoms with Crippen molar-refractivity contribution in [2.24, 2.45) is 0 Å². The monoisotopic (exact) mass is 394 g/mol. The number of hydrogen-bond donors (Lipinski definition) is 0. The van der Waals surface area contributed by atoms with E-state index in [1.54, 1.807) is 0 Å². The summed E-state index contributed by atoms with van der Waals surface area (Å²) < 4.78 is 18.5. The molecule has 1 rings (SSSR count). The van der Waals surface area contributed by atoms with E-state index in [1.807, 2.05) is 42.7 Å². The van der Waals surface area contributed by atoms with Gasteiger partial charge in [0.05, 0.1) is 0 Å². The highest BCUT2D eigenvalue weighted by molar-refractivity contribution is 14.1. The van der Waals surface area contributed by atoms with Gasteiger partial charge >= 0.3 is 0 Å². The van der Waals surface area contributed by atoms with Gasteiger partial charge in [0.1, 0.15) is 21.4 Å². The standard InChI is InChI=1S/C11H11IN2O2S2/c1-11(2,4-5-12)16-7-15-9-8(6-13)10(17-3)18-14-9/h7H2,1-3H3. The van der Waals surface area contributed by atoms with E-state index in [0.29, 0.717) is 11.4 Å².